The topological polar surface area (TPSA) is 97.4 Å². The minimum absolute atomic E-state index is 0.0994. The van der Waals surface area contributed by atoms with E-state index in [0.717, 1.165) is 11.1 Å². The summed E-state index contributed by atoms with van der Waals surface area (Å²) in [6.45, 7) is 0.520. The van der Waals surface area contributed by atoms with Crippen molar-refractivity contribution in [1.82, 2.24) is 5.32 Å². The number of ether oxygens (including phenoxy) is 3. The van der Waals surface area contributed by atoms with Gasteiger partial charge in [0, 0.05) is 0 Å². The van der Waals surface area contributed by atoms with Crippen LogP contribution in [0.5, 0.6) is 0 Å². The van der Waals surface area contributed by atoms with Crippen LogP contribution >= 0.6 is 0 Å². The second kappa shape index (κ2) is 10.0. The van der Waals surface area contributed by atoms with Gasteiger partial charge in [0.25, 0.3) is 0 Å². The van der Waals surface area contributed by atoms with Crippen molar-refractivity contribution in [3.8, 4) is 0 Å². The number of amides is 1. The number of aliphatic hydroxyl groups is 1. The highest BCUT2D eigenvalue weighted by atomic mass is 16.6. The summed E-state index contributed by atoms with van der Waals surface area (Å²) in [6, 6.07) is 17.7. The molecule has 2 N–H and O–H groups in total. The fourth-order valence-corrected chi connectivity index (χ4v) is 2.81. The van der Waals surface area contributed by atoms with E-state index in [1.54, 1.807) is 0 Å². The summed E-state index contributed by atoms with van der Waals surface area (Å²) in [4.78, 5) is 24.7. The second-order valence-electron chi connectivity index (χ2n) is 7.02. The van der Waals surface area contributed by atoms with E-state index >= 15 is 0 Å². The Morgan fingerprint density at radius 2 is 1.55 bits per heavy atom. The summed E-state index contributed by atoms with van der Waals surface area (Å²) in [6.07, 6.45) is -0.00683. The number of rotatable bonds is 10. The van der Waals surface area contributed by atoms with Gasteiger partial charge in [0.15, 0.2) is 0 Å². The largest absolute Gasteiger partial charge is 0.459 e. The Hall–Kier alpha value is -2.90. The summed E-state index contributed by atoms with van der Waals surface area (Å²) in [7, 11) is 0. The first-order chi connectivity index (χ1) is 14.1. The van der Waals surface area contributed by atoms with E-state index in [-0.39, 0.29) is 26.2 Å². The molecule has 0 radical (unpaired) electrons. The third-order valence-corrected chi connectivity index (χ3v) is 4.74. The third-order valence-electron chi connectivity index (χ3n) is 4.74. The van der Waals surface area contributed by atoms with Gasteiger partial charge in [-0.05, 0) is 24.0 Å². The molecule has 1 fully saturated rings. The molecule has 1 saturated heterocycles. The molecular formula is C22H25NO6. The third kappa shape index (κ3) is 6.58. The molecule has 0 saturated carbocycles. The Morgan fingerprint density at radius 1 is 1.00 bits per heavy atom. The first kappa shape index (κ1) is 20.8. The van der Waals surface area contributed by atoms with Crippen LogP contribution in [-0.2, 0) is 32.2 Å². The maximum absolute atomic E-state index is 12.6. The zero-order valence-electron chi connectivity index (χ0n) is 16.1. The van der Waals surface area contributed by atoms with Gasteiger partial charge in [-0.3, -0.25) is 0 Å². The van der Waals surface area contributed by atoms with E-state index in [4.69, 9.17) is 14.2 Å². The minimum atomic E-state index is -0.894. The van der Waals surface area contributed by atoms with Crippen molar-refractivity contribution in [1.29, 1.82) is 0 Å². The van der Waals surface area contributed by atoms with Crippen molar-refractivity contribution in [3.05, 3.63) is 71.8 Å². The molecule has 2 aromatic carbocycles. The van der Waals surface area contributed by atoms with Crippen molar-refractivity contribution in [2.75, 3.05) is 13.2 Å². The maximum atomic E-state index is 12.6. The van der Waals surface area contributed by atoms with Crippen LogP contribution < -0.4 is 5.32 Å². The van der Waals surface area contributed by atoms with E-state index in [0.29, 0.717) is 13.0 Å². The van der Waals surface area contributed by atoms with Crippen LogP contribution in [-0.4, -0.2) is 42.0 Å². The Labute approximate surface area is 169 Å². The Morgan fingerprint density at radius 3 is 2.07 bits per heavy atom. The van der Waals surface area contributed by atoms with Crippen molar-refractivity contribution in [2.24, 2.45) is 0 Å². The van der Waals surface area contributed by atoms with Gasteiger partial charge in [-0.25, -0.2) is 9.59 Å². The van der Waals surface area contributed by atoms with Gasteiger partial charge < -0.3 is 24.6 Å². The van der Waals surface area contributed by atoms with Gasteiger partial charge in [0.2, 0.25) is 0 Å². The second-order valence-corrected chi connectivity index (χ2v) is 7.02. The molecule has 2 aromatic rings. The maximum Gasteiger partial charge on any atom is 0.408 e. The van der Waals surface area contributed by atoms with Crippen LogP contribution in [0.25, 0.3) is 0 Å². The number of hydrogen-bond donors (Lipinski definition) is 2. The predicted molar refractivity (Wildman–Crippen MR) is 105 cm³/mol. The Kier molecular flexibility index (Phi) is 7.21. The minimum Gasteiger partial charge on any atom is -0.459 e. The number of epoxide rings is 1. The highest BCUT2D eigenvalue weighted by Crippen LogP contribution is 2.32. The zero-order valence-corrected chi connectivity index (χ0v) is 16.1. The standard InChI is InChI=1S/C22H25NO6/c24-15-22(16-29-22)12-11-19(20(25)27-13-17-7-3-1-4-8-17)23-21(26)28-14-18-9-5-2-6-10-18/h1-10,19,24H,11-16H2,(H,23,26)/t19-,22+/m0/s1. The molecule has 7 nitrogen and oxygen atoms in total. The summed E-state index contributed by atoms with van der Waals surface area (Å²) < 4.78 is 15.8. The molecule has 2 atom stereocenters. The molecular weight excluding hydrogens is 374 g/mol. The number of aliphatic hydroxyl groups excluding tert-OH is 1. The van der Waals surface area contributed by atoms with Crippen molar-refractivity contribution in [3.63, 3.8) is 0 Å². The molecule has 1 amide bonds. The fraction of sp³-hybridized carbons (Fsp3) is 0.364. The average molecular weight is 399 g/mol. The fourth-order valence-electron chi connectivity index (χ4n) is 2.81. The number of carbonyl (C=O) groups excluding carboxylic acids is 2. The van der Waals surface area contributed by atoms with Gasteiger partial charge in [0.05, 0.1) is 13.2 Å². The van der Waals surface area contributed by atoms with Crippen molar-refractivity contribution in [2.45, 2.75) is 37.7 Å². The molecule has 1 aliphatic heterocycles. The van der Waals surface area contributed by atoms with Crippen LogP contribution in [0.4, 0.5) is 4.79 Å². The summed E-state index contributed by atoms with van der Waals surface area (Å²) in [5.41, 5.74) is 1.08. The average Bonchev–Trinajstić information content (AvgIpc) is 3.55. The highest BCUT2D eigenvalue weighted by Gasteiger charge is 2.44. The summed E-state index contributed by atoms with van der Waals surface area (Å²) in [5.74, 6) is -0.556. The lowest BCUT2D eigenvalue weighted by molar-refractivity contribution is -0.147. The van der Waals surface area contributed by atoms with E-state index in [1.165, 1.54) is 0 Å². The molecule has 7 heteroatoms. The van der Waals surface area contributed by atoms with Gasteiger partial charge in [-0.15, -0.1) is 0 Å². The number of hydrogen-bond acceptors (Lipinski definition) is 6. The quantitative estimate of drug-likeness (QED) is 0.471. The smallest absolute Gasteiger partial charge is 0.408 e. The molecule has 29 heavy (non-hydrogen) atoms. The highest BCUT2D eigenvalue weighted by molar-refractivity contribution is 5.81. The lowest BCUT2D eigenvalue weighted by atomic mass is 10.0. The molecule has 154 valence electrons. The zero-order chi connectivity index (χ0) is 20.5. The number of benzene rings is 2. The van der Waals surface area contributed by atoms with Crippen molar-refractivity contribution < 1.29 is 28.9 Å². The van der Waals surface area contributed by atoms with Gasteiger partial charge in [0.1, 0.15) is 24.9 Å². The molecule has 0 unspecified atom stereocenters. The number of esters is 1. The predicted octanol–water partition coefficient (Wildman–Crippen LogP) is 2.57. The summed E-state index contributed by atoms with van der Waals surface area (Å²) in [5, 5.41) is 12.0. The SMILES string of the molecule is O=C(N[C@@H](CC[C@@]1(CO)CO1)C(=O)OCc1ccccc1)OCc1ccccc1. The summed E-state index contributed by atoms with van der Waals surface area (Å²) >= 11 is 0. The first-order valence-corrected chi connectivity index (χ1v) is 9.53. The van der Waals surface area contributed by atoms with Gasteiger partial charge >= 0.3 is 12.1 Å². The lowest BCUT2D eigenvalue weighted by Crippen LogP contribution is -2.43. The van der Waals surface area contributed by atoms with E-state index in [9.17, 15) is 14.7 Å². The normalized spacial score (nSPS) is 18.5. The van der Waals surface area contributed by atoms with E-state index in [1.807, 2.05) is 60.7 Å². The molecule has 1 heterocycles. The number of carbonyl (C=O) groups is 2. The molecule has 3 rings (SSSR count). The molecule has 1 aliphatic rings. The first-order valence-electron chi connectivity index (χ1n) is 9.53. The van der Waals surface area contributed by atoms with Gasteiger partial charge in [-0.1, -0.05) is 60.7 Å². The van der Waals surface area contributed by atoms with Crippen LogP contribution in [0.1, 0.15) is 24.0 Å². The molecule has 0 aromatic heterocycles. The molecule has 0 aliphatic carbocycles. The number of alkyl carbamates (subject to hydrolysis) is 1. The van der Waals surface area contributed by atoms with E-state index in [2.05, 4.69) is 5.32 Å². The lowest BCUT2D eigenvalue weighted by Gasteiger charge is -2.19. The Bertz CT molecular complexity index is 791. The van der Waals surface area contributed by atoms with E-state index < -0.39 is 23.7 Å². The van der Waals surface area contributed by atoms with Crippen molar-refractivity contribution >= 4 is 12.1 Å². The molecule has 0 spiro atoms. The van der Waals surface area contributed by atoms with Crippen LogP contribution in [0.15, 0.2) is 60.7 Å². The van der Waals surface area contributed by atoms with Crippen LogP contribution in [0, 0.1) is 0 Å². The molecule has 0 bridgehead atoms. The van der Waals surface area contributed by atoms with Crippen LogP contribution in [0.2, 0.25) is 0 Å². The van der Waals surface area contributed by atoms with Crippen LogP contribution in [0.3, 0.4) is 0 Å². The monoisotopic (exact) mass is 399 g/mol. The number of nitrogens with one attached hydrogen (secondary N) is 1. The Balaban J connectivity index is 1.54. The van der Waals surface area contributed by atoms with Gasteiger partial charge in [-0.2, -0.15) is 0 Å².